The number of para-hydroxylation sites is 1. The van der Waals surface area contributed by atoms with Gasteiger partial charge in [0, 0.05) is 59.1 Å². The maximum Gasteiger partial charge on any atom is 0.677 e. The van der Waals surface area contributed by atoms with E-state index in [0.717, 1.165) is 50.6 Å². The molecule has 2 fully saturated rings. The minimum Gasteiger partial charge on any atom is -0.466 e. The molecule has 2 saturated heterocycles. The van der Waals surface area contributed by atoms with Crippen LogP contribution in [0.15, 0.2) is 52.7 Å². The summed E-state index contributed by atoms with van der Waals surface area (Å²) in [6.07, 6.45) is 9.09. The Morgan fingerprint density at radius 3 is 2.47 bits per heavy atom. The summed E-state index contributed by atoms with van der Waals surface area (Å²) in [6, 6.07) is 10.7. The molecule has 2 bridgehead atoms. The summed E-state index contributed by atoms with van der Waals surface area (Å²) in [7, 11) is -0.471. The van der Waals surface area contributed by atoms with Crippen molar-refractivity contribution in [1.29, 1.82) is 0 Å². The molecule has 260 valence electrons. The van der Waals surface area contributed by atoms with Crippen molar-refractivity contribution in [2.24, 2.45) is 4.99 Å². The first-order valence-corrected chi connectivity index (χ1v) is 17.6. The quantitative estimate of drug-likeness (QED) is 0.128. The van der Waals surface area contributed by atoms with Crippen molar-refractivity contribution in [3.63, 3.8) is 0 Å². The van der Waals surface area contributed by atoms with Crippen LogP contribution in [0.5, 0.6) is 0 Å². The van der Waals surface area contributed by atoms with Crippen LogP contribution in [0.1, 0.15) is 99.1 Å². The van der Waals surface area contributed by atoms with E-state index in [9.17, 15) is 18.2 Å². The maximum absolute atomic E-state index is 14.1. The van der Waals surface area contributed by atoms with Gasteiger partial charge in [-0.25, -0.2) is 0 Å². The summed E-state index contributed by atoms with van der Waals surface area (Å²) in [5.74, 6) is -0.475. The monoisotopic (exact) mass is 672 g/mol. The molecular weight excluding hydrogens is 625 g/mol. The van der Waals surface area contributed by atoms with E-state index in [1.54, 1.807) is 13.0 Å². The molecule has 1 aromatic carbocycles. The first-order valence-electron chi connectivity index (χ1n) is 17.6. The number of aromatic nitrogens is 3. The van der Waals surface area contributed by atoms with E-state index >= 15 is 0 Å². The van der Waals surface area contributed by atoms with Crippen molar-refractivity contribution in [3.8, 4) is 0 Å². The number of hydrogen-bond acceptors (Lipinski definition) is 6. The first-order chi connectivity index (χ1) is 23.5. The second kappa shape index (κ2) is 14.8. The molecule has 0 saturated carbocycles. The number of allylic oxidation sites excluding steroid dienone is 3. The number of fused-ring (bicyclic) bond motifs is 3. The second-order valence-corrected chi connectivity index (χ2v) is 13.9. The molecule has 0 aliphatic carbocycles. The fourth-order valence-corrected chi connectivity index (χ4v) is 8.12. The Labute approximate surface area is 287 Å². The predicted octanol–water partition coefficient (Wildman–Crippen LogP) is 6.91. The van der Waals surface area contributed by atoms with E-state index in [4.69, 9.17) is 9.84 Å². The van der Waals surface area contributed by atoms with Gasteiger partial charge >= 0.3 is 13.4 Å². The zero-order valence-electron chi connectivity index (χ0n) is 29.3. The van der Waals surface area contributed by atoms with Crippen molar-refractivity contribution in [3.05, 3.63) is 70.3 Å². The van der Waals surface area contributed by atoms with Crippen molar-refractivity contribution in [2.45, 2.75) is 110 Å². The second-order valence-electron chi connectivity index (χ2n) is 13.9. The SMILES string of the molecule is CC1=CC(C)=N/C1=C(/CCCOC(=O)CCCn1nc(C(=O)NC2C[C@@H]3CCC[C@@H](C2)N3C)c2ccccc21)c1c(C)cc(C)n1B(F)F. The lowest BCUT2D eigenvalue weighted by atomic mass is 9.82. The smallest absolute Gasteiger partial charge is 0.466 e. The molecule has 0 spiro atoms. The van der Waals surface area contributed by atoms with Crippen molar-refractivity contribution in [1.82, 2.24) is 24.5 Å². The van der Waals surface area contributed by atoms with E-state index in [2.05, 4.69) is 22.3 Å². The molecule has 0 unspecified atom stereocenters. The van der Waals surface area contributed by atoms with Gasteiger partial charge in [-0.3, -0.25) is 27.9 Å². The number of nitrogens with one attached hydrogen (secondary N) is 1. The Balaban J connectivity index is 1.04. The summed E-state index contributed by atoms with van der Waals surface area (Å²) < 4.78 is 36.7. The van der Waals surface area contributed by atoms with Crippen LogP contribution >= 0.6 is 0 Å². The Morgan fingerprint density at radius 2 is 1.78 bits per heavy atom. The average Bonchev–Trinajstić information content (AvgIpc) is 3.69. The molecule has 0 radical (unpaired) electrons. The highest BCUT2D eigenvalue weighted by molar-refractivity contribution is 6.41. The third kappa shape index (κ3) is 7.44. The molecule has 6 rings (SSSR count). The normalized spacial score (nSPS) is 21.8. The van der Waals surface area contributed by atoms with Crippen molar-refractivity contribution < 1.29 is 23.0 Å². The van der Waals surface area contributed by atoms with Gasteiger partial charge in [-0.15, -0.1) is 0 Å². The highest BCUT2D eigenvalue weighted by atomic mass is 19.2. The number of aryl methyl sites for hydroxylation is 3. The Kier molecular flexibility index (Phi) is 10.5. The average molecular weight is 673 g/mol. The van der Waals surface area contributed by atoms with Crippen LogP contribution in [0.25, 0.3) is 16.5 Å². The fraction of sp³-hybridized carbons (Fsp3) is 0.514. The number of piperidine rings is 2. The van der Waals surface area contributed by atoms with E-state index in [1.165, 1.54) is 19.3 Å². The van der Waals surface area contributed by atoms with Crippen LogP contribution in [0, 0.1) is 13.8 Å². The fourth-order valence-electron chi connectivity index (χ4n) is 8.12. The zero-order chi connectivity index (χ0) is 34.8. The highest BCUT2D eigenvalue weighted by Crippen LogP contribution is 2.36. The number of nitrogens with zero attached hydrogens (tertiary/aromatic N) is 5. The highest BCUT2D eigenvalue weighted by Gasteiger charge is 2.37. The zero-order valence-corrected chi connectivity index (χ0v) is 29.3. The predicted molar refractivity (Wildman–Crippen MR) is 190 cm³/mol. The lowest BCUT2D eigenvalue weighted by Crippen LogP contribution is -2.55. The number of hydrogen-bond donors (Lipinski definition) is 1. The van der Waals surface area contributed by atoms with Crippen LogP contribution < -0.4 is 5.32 Å². The summed E-state index contributed by atoms with van der Waals surface area (Å²) in [5, 5.41) is 8.79. The third-order valence-corrected chi connectivity index (χ3v) is 10.4. The van der Waals surface area contributed by atoms with Gasteiger partial charge in [0.05, 0.1) is 17.8 Å². The molecule has 3 aromatic rings. The molecule has 3 aliphatic heterocycles. The van der Waals surface area contributed by atoms with Crippen LogP contribution in [0.4, 0.5) is 8.63 Å². The largest absolute Gasteiger partial charge is 0.677 e. The number of carbonyl (C=O) groups is 2. The number of carbonyl (C=O) groups excluding carboxylic acids is 2. The standard InChI is InChI=1S/C37H47BF2N6O3/c1-23-19-25(3)41-34(23)31(36-24(2)20-26(4)46(36)38(39)40)14-10-18-49-33(47)16-9-17-45-32-15-7-6-13-30(32)35(43-45)37(48)42-27-21-28-11-8-12-29(22-27)44(28)5/h6-7,13,15,19-20,27-29H,8-12,14,16-18,21-22H2,1-5H3,(H,42,48)/b34-31-/t28-,29-/m0/s1. The Bertz CT molecular complexity index is 1810. The van der Waals surface area contributed by atoms with Gasteiger partial charge in [0.1, 0.15) is 0 Å². The van der Waals surface area contributed by atoms with Crippen LogP contribution in [0.2, 0.25) is 0 Å². The number of ether oxygens (including phenoxy) is 1. The van der Waals surface area contributed by atoms with Gasteiger partial charge in [-0.2, -0.15) is 5.10 Å². The minimum absolute atomic E-state index is 0.142. The lowest BCUT2D eigenvalue weighted by molar-refractivity contribution is -0.143. The topological polar surface area (TPSA) is 93.8 Å². The van der Waals surface area contributed by atoms with E-state index < -0.39 is 7.40 Å². The Morgan fingerprint density at radius 1 is 1.04 bits per heavy atom. The minimum atomic E-state index is -2.68. The summed E-state index contributed by atoms with van der Waals surface area (Å²) in [4.78, 5) is 33.4. The lowest BCUT2D eigenvalue weighted by Gasteiger charge is -2.47. The van der Waals surface area contributed by atoms with Crippen LogP contribution in [0.3, 0.4) is 0 Å². The van der Waals surface area contributed by atoms with Crippen molar-refractivity contribution >= 4 is 41.5 Å². The molecular formula is C37H47BF2N6O3. The number of benzene rings is 1. The van der Waals surface area contributed by atoms with Gasteiger partial charge in [-0.05, 0) is 109 Å². The van der Waals surface area contributed by atoms with E-state index in [-0.39, 0.29) is 30.9 Å². The van der Waals surface area contributed by atoms with Crippen molar-refractivity contribution in [2.75, 3.05) is 13.7 Å². The number of amides is 1. The molecule has 1 N–H and O–H groups in total. The number of halogens is 2. The molecule has 49 heavy (non-hydrogen) atoms. The summed E-state index contributed by atoms with van der Waals surface area (Å²) >= 11 is 0. The van der Waals surface area contributed by atoms with Crippen LogP contribution in [-0.4, -0.2) is 75.9 Å². The molecule has 1 amide bonds. The molecule has 5 heterocycles. The van der Waals surface area contributed by atoms with E-state index in [0.29, 0.717) is 60.7 Å². The van der Waals surface area contributed by atoms with Gasteiger partial charge < -0.3 is 19.4 Å². The molecule has 2 aromatic heterocycles. The van der Waals surface area contributed by atoms with Gasteiger partial charge in [0.25, 0.3) is 5.91 Å². The summed E-state index contributed by atoms with van der Waals surface area (Å²) in [6.45, 7) is 7.98. The molecule has 12 heteroatoms. The number of esters is 1. The van der Waals surface area contributed by atoms with E-state index in [1.807, 2.05) is 55.8 Å². The Hall–Kier alpha value is -4.06. The van der Waals surface area contributed by atoms with Gasteiger partial charge in [0.15, 0.2) is 5.69 Å². The summed E-state index contributed by atoms with van der Waals surface area (Å²) in [5.41, 5.74) is 6.21. The molecule has 2 atom stereocenters. The van der Waals surface area contributed by atoms with Gasteiger partial charge in [-0.1, -0.05) is 24.6 Å². The number of aliphatic imine (C=N–C) groups is 1. The third-order valence-electron chi connectivity index (χ3n) is 10.4. The van der Waals surface area contributed by atoms with Gasteiger partial charge in [0.2, 0.25) is 0 Å². The maximum atomic E-state index is 14.1. The molecule has 9 nitrogen and oxygen atoms in total. The molecule has 3 aliphatic rings. The number of rotatable bonds is 12. The van der Waals surface area contributed by atoms with Crippen LogP contribution in [-0.2, 0) is 16.1 Å². The first kappa shape index (κ1) is 34.8.